The first kappa shape index (κ1) is 8.96. The van der Waals surface area contributed by atoms with Crippen molar-refractivity contribution in [2.75, 3.05) is 0 Å². The minimum Gasteiger partial charge on any atom is -0.431 e. The smallest absolute Gasteiger partial charge is 0.278 e. The molecule has 0 saturated carbocycles. The zero-order chi connectivity index (χ0) is 10.1. The summed E-state index contributed by atoms with van der Waals surface area (Å²) in [5.41, 5.74) is 6.93. The van der Waals surface area contributed by atoms with E-state index in [2.05, 4.69) is 5.10 Å². The summed E-state index contributed by atoms with van der Waals surface area (Å²) >= 11 is 0. The van der Waals surface area contributed by atoms with E-state index in [0.29, 0.717) is 18.0 Å². The molecule has 0 bridgehead atoms. The zero-order valence-electron chi connectivity index (χ0n) is 7.70. The maximum absolute atomic E-state index is 12.6. The van der Waals surface area contributed by atoms with Crippen molar-refractivity contribution in [2.45, 2.75) is 6.54 Å². The summed E-state index contributed by atoms with van der Waals surface area (Å²) in [6, 6.07) is 2.22. The summed E-state index contributed by atoms with van der Waals surface area (Å²) in [5, 5.41) is 4.12. The molecule has 2 N–H and O–H groups in total. The molecule has 5 heteroatoms. The van der Waals surface area contributed by atoms with E-state index in [1.807, 2.05) is 0 Å². The molecular formula is C9H10FN3O. The number of hydrogen-bond donors (Lipinski definition) is 1. The van der Waals surface area contributed by atoms with E-state index < -0.39 is 6.01 Å². The normalized spacial score (nSPS) is 10.8. The second kappa shape index (κ2) is 3.26. The number of rotatable bonds is 2. The number of aromatic nitrogens is 2. The Kier molecular flexibility index (Phi) is 2.09. The van der Waals surface area contributed by atoms with E-state index >= 15 is 0 Å². The van der Waals surface area contributed by atoms with Crippen LogP contribution in [0.25, 0.3) is 11.3 Å². The predicted molar refractivity (Wildman–Crippen MR) is 48.8 cm³/mol. The molecule has 74 valence electrons. The largest absolute Gasteiger partial charge is 0.431 e. The summed E-state index contributed by atoms with van der Waals surface area (Å²) in [6.07, 6.45) is 1.75. The van der Waals surface area contributed by atoms with Gasteiger partial charge < -0.3 is 10.2 Å². The molecule has 2 aromatic rings. The van der Waals surface area contributed by atoms with Crippen molar-refractivity contribution in [2.24, 2.45) is 12.8 Å². The van der Waals surface area contributed by atoms with Gasteiger partial charge in [-0.05, 0) is 6.07 Å². The number of furan rings is 1. The maximum Gasteiger partial charge on any atom is 0.278 e. The van der Waals surface area contributed by atoms with Gasteiger partial charge in [-0.15, -0.1) is 0 Å². The summed E-state index contributed by atoms with van der Waals surface area (Å²) in [5.74, 6) is 0.455. The Hall–Kier alpha value is -1.62. The Morgan fingerprint density at radius 2 is 2.36 bits per heavy atom. The molecule has 0 atom stereocenters. The minimum absolute atomic E-state index is 0.304. The van der Waals surface area contributed by atoms with Crippen LogP contribution in [0.5, 0.6) is 0 Å². The van der Waals surface area contributed by atoms with Crippen LogP contribution in [0.4, 0.5) is 4.39 Å². The van der Waals surface area contributed by atoms with Gasteiger partial charge in [-0.1, -0.05) is 0 Å². The molecule has 0 saturated heterocycles. The Bertz CT molecular complexity index is 447. The van der Waals surface area contributed by atoms with Crippen LogP contribution >= 0.6 is 0 Å². The molecule has 0 aliphatic rings. The lowest BCUT2D eigenvalue weighted by Gasteiger charge is -1.93. The van der Waals surface area contributed by atoms with E-state index in [-0.39, 0.29) is 0 Å². The van der Waals surface area contributed by atoms with Crippen molar-refractivity contribution < 1.29 is 8.81 Å². The quantitative estimate of drug-likeness (QED) is 0.785. The molecule has 2 rings (SSSR count). The fourth-order valence-corrected chi connectivity index (χ4v) is 1.35. The van der Waals surface area contributed by atoms with E-state index in [4.69, 9.17) is 10.2 Å². The number of nitrogens with zero attached hydrogens (tertiary/aromatic N) is 2. The Morgan fingerprint density at radius 3 is 2.93 bits per heavy atom. The first-order valence-corrected chi connectivity index (χ1v) is 4.19. The van der Waals surface area contributed by atoms with Gasteiger partial charge in [-0.3, -0.25) is 4.68 Å². The molecule has 2 aromatic heterocycles. The highest BCUT2D eigenvalue weighted by atomic mass is 19.1. The molecule has 0 aliphatic heterocycles. The van der Waals surface area contributed by atoms with Gasteiger partial charge in [-0.25, -0.2) is 0 Å². The fraction of sp³-hybridized carbons (Fsp3) is 0.222. The lowest BCUT2D eigenvalue weighted by molar-refractivity contribution is 0.367. The van der Waals surface area contributed by atoms with Gasteiger partial charge in [0.2, 0.25) is 0 Å². The van der Waals surface area contributed by atoms with Gasteiger partial charge >= 0.3 is 0 Å². The van der Waals surface area contributed by atoms with Crippen molar-refractivity contribution in [1.29, 1.82) is 0 Å². The third-order valence-electron chi connectivity index (χ3n) is 1.94. The summed E-state index contributed by atoms with van der Waals surface area (Å²) in [6.45, 7) is 0.304. The van der Waals surface area contributed by atoms with Gasteiger partial charge in [0.25, 0.3) is 6.01 Å². The lowest BCUT2D eigenvalue weighted by Crippen LogP contribution is -1.99. The SMILES string of the molecule is Cn1cc(-c2ccc(F)o2)c(CN)n1. The van der Waals surface area contributed by atoms with Gasteiger partial charge in [0, 0.05) is 25.9 Å². The molecule has 14 heavy (non-hydrogen) atoms. The van der Waals surface area contributed by atoms with Crippen molar-refractivity contribution in [3.63, 3.8) is 0 Å². The standard InChI is InChI=1S/C9H10FN3O/c1-13-5-6(7(4-11)12-13)8-2-3-9(10)14-8/h2-3,5H,4,11H2,1H3. The van der Waals surface area contributed by atoms with Crippen LogP contribution in [0.3, 0.4) is 0 Å². The highest BCUT2D eigenvalue weighted by molar-refractivity contribution is 5.59. The minimum atomic E-state index is -0.605. The predicted octanol–water partition coefficient (Wildman–Crippen LogP) is 1.28. The Morgan fingerprint density at radius 1 is 1.57 bits per heavy atom. The molecule has 0 aliphatic carbocycles. The molecule has 0 spiro atoms. The monoisotopic (exact) mass is 195 g/mol. The molecule has 0 radical (unpaired) electrons. The van der Waals surface area contributed by atoms with Crippen LogP contribution in [0.2, 0.25) is 0 Å². The fourth-order valence-electron chi connectivity index (χ4n) is 1.35. The molecule has 4 nitrogen and oxygen atoms in total. The van der Waals surface area contributed by atoms with Crippen molar-refractivity contribution in [3.05, 3.63) is 30.0 Å². The van der Waals surface area contributed by atoms with E-state index in [0.717, 1.165) is 5.56 Å². The molecular weight excluding hydrogens is 185 g/mol. The molecule has 0 aromatic carbocycles. The lowest BCUT2D eigenvalue weighted by atomic mass is 10.2. The molecule has 2 heterocycles. The van der Waals surface area contributed by atoms with Crippen LogP contribution < -0.4 is 5.73 Å². The van der Waals surface area contributed by atoms with E-state index in [1.165, 1.54) is 6.07 Å². The van der Waals surface area contributed by atoms with Crippen molar-refractivity contribution in [1.82, 2.24) is 9.78 Å². The third kappa shape index (κ3) is 1.42. The van der Waals surface area contributed by atoms with Crippen LogP contribution in [0, 0.1) is 6.01 Å². The second-order valence-electron chi connectivity index (χ2n) is 2.97. The molecule has 0 amide bonds. The number of nitrogens with two attached hydrogens (primary N) is 1. The third-order valence-corrected chi connectivity index (χ3v) is 1.94. The Balaban J connectivity index is 2.49. The Labute approximate surface area is 80.1 Å². The molecule has 0 fully saturated rings. The van der Waals surface area contributed by atoms with E-state index in [9.17, 15) is 4.39 Å². The summed E-state index contributed by atoms with van der Waals surface area (Å²) in [4.78, 5) is 0. The van der Waals surface area contributed by atoms with Crippen molar-refractivity contribution >= 4 is 0 Å². The van der Waals surface area contributed by atoms with Crippen molar-refractivity contribution in [3.8, 4) is 11.3 Å². The van der Waals surface area contributed by atoms with Crippen LogP contribution in [0.15, 0.2) is 22.7 Å². The zero-order valence-corrected chi connectivity index (χ0v) is 7.70. The van der Waals surface area contributed by atoms with Crippen LogP contribution in [-0.4, -0.2) is 9.78 Å². The summed E-state index contributed by atoms with van der Waals surface area (Å²) < 4.78 is 19.1. The highest BCUT2D eigenvalue weighted by Gasteiger charge is 2.12. The molecule has 0 unspecified atom stereocenters. The van der Waals surface area contributed by atoms with Crippen LogP contribution in [0.1, 0.15) is 5.69 Å². The number of halogens is 1. The highest BCUT2D eigenvalue weighted by Crippen LogP contribution is 2.24. The topological polar surface area (TPSA) is 57.0 Å². The second-order valence-corrected chi connectivity index (χ2v) is 2.97. The number of aryl methyl sites for hydroxylation is 1. The van der Waals surface area contributed by atoms with Crippen LogP contribution in [-0.2, 0) is 13.6 Å². The maximum atomic E-state index is 12.6. The van der Waals surface area contributed by atoms with Gasteiger partial charge in [0.15, 0.2) is 0 Å². The first-order chi connectivity index (χ1) is 6.70. The van der Waals surface area contributed by atoms with E-state index in [1.54, 1.807) is 24.0 Å². The average Bonchev–Trinajstić information content (AvgIpc) is 2.71. The van der Waals surface area contributed by atoms with Gasteiger partial charge in [-0.2, -0.15) is 9.49 Å². The summed E-state index contributed by atoms with van der Waals surface area (Å²) in [7, 11) is 1.78. The average molecular weight is 195 g/mol. The first-order valence-electron chi connectivity index (χ1n) is 4.19. The van der Waals surface area contributed by atoms with Gasteiger partial charge in [0.1, 0.15) is 5.76 Å². The van der Waals surface area contributed by atoms with Gasteiger partial charge in [0.05, 0.1) is 11.3 Å². The number of hydrogen-bond acceptors (Lipinski definition) is 3.